The number of imidazole rings is 1. The molecule has 0 bridgehead atoms. The molecule has 27 heavy (non-hydrogen) atoms. The van der Waals surface area contributed by atoms with E-state index in [0.29, 0.717) is 21.7 Å². The summed E-state index contributed by atoms with van der Waals surface area (Å²) in [6.45, 7) is 2.31. The number of hydrogen-bond donors (Lipinski definition) is 1. The summed E-state index contributed by atoms with van der Waals surface area (Å²) < 4.78 is 2.05. The topological polar surface area (TPSA) is 46.0 Å². The van der Waals surface area contributed by atoms with Crippen molar-refractivity contribution in [3.05, 3.63) is 77.1 Å². The molecule has 1 aromatic carbocycles. The standard InChI is InChI=1S/C19H19Cl2N5S/c20-16-4-5-18(17(21)11-16)24-19(27)26(13-15-3-1-6-22-12-15)9-2-8-25-10-7-23-14-25/h1,3-7,10-12,14H,2,8-9,13H2,(H,24,27). The highest BCUT2D eigenvalue weighted by atomic mass is 35.5. The van der Waals surface area contributed by atoms with Crippen LogP contribution < -0.4 is 5.32 Å². The predicted octanol–water partition coefficient (Wildman–Crippen LogP) is 4.87. The van der Waals surface area contributed by atoms with Gasteiger partial charge in [-0.25, -0.2) is 4.98 Å². The first-order valence-electron chi connectivity index (χ1n) is 8.47. The van der Waals surface area contributed by atoms with Crippen LogP contribution in [-0.4, -0.2) is 31.1 Å². The van der Waals surface area contributed by atoms with Gasteiger partial charge in [-0.2, -0.15) is 0 Å². The minimum absolute atomic E-state index is 0.532. The summed E-state index contributed by atoms with van der Waals surface area (Å²) in [4.78, 5) is 10.4. The number of halogens is 2. The van der Waals surface area contributed by atoms with E-state index in [1.54, 1.807) is 24.5 Å². The summed E-state index contributed by atoms with van der Waals surface area (Å²) in [5.74, 6) is 0. The van der Waals surface area contributed by atoms with Gasteiger partial charge < -0.3 is 14.8 Å². The Morgan fingerprint density at radius 2 is 2.07 bits per heavy atom. The van der Waals surface area contributed by atoms with E-state index in [4.69, 9.17) is 35.4 Å². The molecule has 3 aromatic rings. The number of pyridine rings is 1. The molecule has 0 saturated heterocycles. The van der Waals surface area contributed by atoms with Crippen LogP contribution in [0.1, 0.15) is 12.0 Å². The molecule has 5 nitrogen and oxygen atoms in total. The van der Waals surface area contributed by atoms with Gasteiger partial charge in [0.2, 0.25) is 0 Å². The van der Waals surface area contributed by atoms with Crippen LogP contribution in [0.3, 0.4) is 0 Å². The molecular weight excluding hydrogens is 401 g/mol. The van der Waals surface area contributed by atoms with Gasteiger partial charge in [0.05, 0.1) is 17.0 Å². The van der Waals surface area contributed by atoms with Gasteiger partial charge in [0.25, 0.3) is 0 Å². The molecule has 8 heteroatoms. The number of thiocarbonyl (C=S) groups is 1. The number of anilines is 1. The maximum atomic E-state index is 6.27. The second kappa shape index (κ2) is 9.69. The normalized spacial score (nSPS) is 10.6. The third-order valence-corrected chi connectivity index (χ3v) is 4.87. The van der Waals surface area contributed by atoms with Gasteiger partial charge in [-0.15, -0.1) is 0 Å². The van der Waals surface area contributed by atoms with Crippen molar-refractivity contribution in [3.63, 3.8) is 0 Å². The van der Waals surface area contributed by atoms with Crippen molar-refractivity contribution >= 4 is 46.2 Å². The lowest BCUT2D eigenvalue weighted by Crippen LogP contribution is -2.35. The van der Waals surface area contributed by atoms with E-state index in [1.807, 2.05) is 36.9 Å². The van der Waals surface area contributed by atoms with E-state index >= 15 is 0 Å². The molecule has 0 unspecified atom stereocenters. The highest BCUT2D eigenvalue weighted by Gasteiger charge is 2.12. The Morgan fingerprint density at radius 3 is 2.78 bits per heavy atom. The number of benzene rings is 1. The second-order valence-electron chi connectivity index (χ2n) is 5.99. The van der Waals surface area contributed by atoms with Crippen molar-refractivity contribution < 1.29 is 0 Å². The number of nitrogens with zero attached hydrogens (tertiary/aromatic N) is 4. The van der Waals surface area contributed by atoms with Gasteiger partial charge in [0.1, 0.15) is 0 Å². The first kappa shape index (κ1) is 19.6. The van der Waals surface area contributed by atoms with Crippen molar-refractivity contribution in [2.24, 2.45) is 0 Å². The van der Waals surface area contributed by atoms with Crippen LogP contribution >= 0.6 is 35.4 Å². The first-order chi connectivity index (χ1) is 13.1. The smallest absolute Gasteiger partial charge is 0.173 e. The van der Waals surface area contributed by atoms with E-state index in [2.05, 4.69) is 24.8 Å². The van der Waals surface area contributed by atoms with E-state index in [9.17, 15) is 0 Å². The first-order valence-corrected chi connectivity index (χ1v) is 9.64. The lowest BCUT2D eigenvalue weighted by Gasteiger charge is -2.26. The van der Waals surface area contributed by atoms with Gasteiger partial charge in [-0.3, -0.25) is 4.98 Å². The predicted molar refractivity (Wildman–Crippen MR) is 114 cm³/mol. The average Bonchev–Trinajstić information content (AvgIpc) is 3.17. The third kappa shape index (κ3) is 5.92. The van der Waals surface area contributed by atoms with Gasteiger partial charge in [-0.05, 0) is 48.5 Å². The zero-order valence-electron chi connectivity index (χ0n) is 14.6. The Bertz CT molecular complexity index is 871. The van der Waals surface area contributed by atoms with Crippen molar-refractivity contribution in [2.75, 3.05) is 11.9 Å². The van der Waals surface area contributed by atoms with Crippen LogP contribution in [0, 0.1) is 0 Å². The molecule has 0 atom stereocenters. The van der Waals surface area contributed by atoms with E-state index in [1.165, 1.54) is 0 Å². The SMILES string of the molecule is S=C(Nc1ccc(Cl)cc1Cl)N(CCCn1ccnc1)Cc1cccnc1. The van der Waals surface area contributed by atoms with Crippen LogP contribution in [0.4, 0.5) is 5.69 Å². The molecule has 1 N–H and O–H groups in total. The fraction of sp³-hybridized carbons (Fsp3) is 0.211. The fourth-order valence-electron chi connectivity index (χ4n) is 2.61. The molecule has 2 aromatic heterocycles. The van der Waals surface area contributed by atoms with Crippen molar-refractivity contribution in [3.8, 4) is 0 Å². The Balaban J connectivity index is 1.67. The summed E-state index contributed by atoms with van der Waals surface area (Å²) in [6, 6.07) is 9.26. The van der Waals surface area contributed by atoms with Crippen LogP contribution in [0.2, 0.25) is 10.0 Å². The quantitative estimate of drug-likeness (QED) is 0.553. The molecular formula is C19H19Cl2N5S. The Morgan fingerprint density at radius 1 is 1.19 bits per heavy atom. The highest BCUT2D eigenvalue weighted by Crippen LogP contribution is 2.25. The molecule has 0 spiro atoms. The van der Waals surface area contributed by atoms with Crippen LogP contribution in [0.5, 0.6) is 0 Å². The maximum absolute atomic E-state index is 6.27. The molecule has 0 aliphatic rings. The number of hydrogen-bond acceptors (Lipinski definition) is 3. The fourth-order valence-corrected chi connectivity index (χ4v) is 3.33. The van der Waals surface area contributed by atoms with E-state index in [-0.39, 0.29) is 0 Å². The average molecular weight is 420 g/mol. The minimum atomic E-state index is 0.532. The monoisotopic (exact) mass is 419 g/mol. The van der Waals surface area contributed by atoms with Gasteiger partial charge in [-0.1, -0.05) is 29.3 Å². The minimum Gasteiger partial charge on any atom is -0.345 e. The summed E-state index contributed by atoms with van der Waals surface area (Å²) in [5.41, 5.74) is 1.82. The van der Waals surface area contributed by atoms with Crippen LogP contribution in [0.25, 0.3) is 0 Å². The summed E-state index contributed by atoms with van der Waals surface area (Å²) in [5, 5.41) is 4.95. The maximum Gasteiger partial charge on any atom is 0.173 e. The van der Waals surface area contributed by atoms with Crippen molar-refractivity contribution in [1.82, 2.24) is 19.4 Å². The molecule has 0 aliphatic heterocycles. The van der Waals surface area contributed by atoms with Crippen molar-refractivity contribution in [2.45, 2.75) is 19.5 Å². The Kier molecular flexibility index (Phi) is 7.04. The molecule has 3 rings (SSSR count). The number of nitrogens with one attached hydrogen (secondary N) is 1. The zero-order chi connectivity index (χ0) is 19.1. The molecule has 0 amide bonds. The highest BCUT2D eigenvalue weighted by molar-refractivity contribution is 7.80. The van der Waals surface area contributed by atoms with E-state index in [0.717, 1.165) is 30.8 Å². The van der Waals surface area contributed by atoms with Gasteiger partial charge in [0, 0.05) is 49.4 Å². The number of rotatable bonds is 7. The lowest BCUT2D eigenvalue weighted by molar-refractivity contribution is 0.395. The van der Waals surface area contributed by atoms with Crippen LogP contribution in [-0.2, 0) is 13.1 Å². The Labute approximate surface area is 174 Å². The summed E-state index contributed by atoms with van der Waals surface area (Å²) in [7, 11) is 0. The lowest BCUT2D eigenvalue weighted by atomic mass is 10.2. The molecule has 0 radical (unpaired) electrons. The third-order valence-electron chi connectivity index (χ3n) is 3.96. The van der Waals surface area contributed by atoms with E-state index < -0.39 is 0 Å². The number of aromatic nitrogens is 3. The zero-order valence-corrected chi connectivity index (χ0v) is 16.9. The molecule has 0 fully saturated rings. The second-order valence-corrected chi connectivity index (χ2v) is 7.22. The van der Waals surface area contributed by atoms with Crippen molar-refractivity contribution in [1.29, 1.82) is 0 Å². The molecule has 140 valence electrons. The summed E-state index contributed by atoms with van der Waals surface area (Å²) in [6.07, 6.45) is 10.1. The number of aryl methyl sites for hydroxylation is 1. The molecule has 2 heterocycles. The summed E-state index contributed by atoms with van der Waals surface area (Å²) >= 11 is 17.9. The van der Waals surface area contributed by atoms with Gasteiger partial charge >= 0.3 is 0 Å². The molecule has 0 aliphatic carbocycles. The largest absolute Gasteiger partial charge is 0.345 e. The molecule has 0 saturated carbocycles. The van der Waals surface area contributed by atoms with Crippen LogP contribution in [0.15, 0.2) is 61.4 Å². The van der Waals surface area contributed by atoms with Gasteiger partial charge in [0.15, 0.2) is 5.11 Å². The Hall–Kier alpha value is -2.15.